The molecule has 2 aromatic rings. The van der Waals surface area contributed by atoms with E-state index in [0.29, 0.717) is 24.4 Å². The number of aromatic nitrogens is 1. The normalized spacial score (nSPS) is 19.0. The summed E-state index contributed by atoms with van der Waals surface area (Å²) in [5.41, 5.74) is 7.60. The van der Waals surface area contributed by atoms with Gasteiger partial charge in [0, 0.05) is 19.5 Å². The van der Waals surface area contributed by atoms with Crippen molar-refractivity contribution in [1.29, 1.82) is 0 Å². The van der Waals surface area contributed by atoms with Gasteiger partial charge in [0.05, 0.1) is 10.7 Å². The van der Waals surface area contributed by atoms with E-state index in [1.54, 1.807) is 12.1 Å². The summed E-state index contributed by atoms with van der Waals surface area (Å²) in [6.07, 6.45) is 1.55. The Hall–Kier alpha value is -1.21. The van der Waals surface area contributed by atoms with E-state index in [0.717, 1.165) is 29.2 Å². The lowest BCUT2D eigenvalue weighted by atomic mass is 9.90. The van der Waals surface area contributed by atoms with Gasteiger partial charge >= 0.3 is 0 Å². The summed E-state index contributed by atoms with van der Waals surface area (Å²) >= 11 is 1.43. The van der Waals surface area contributed by atoms with E-state index in [9.17, 15) is 9.18 Å². The fraction of sp³-hybridized carbons (Fsp3) is 0.444. The minimum atomic E-state index is -0.248. The van der Waals surface area contributed by atoms with Gasteiger partial charge in [-0.2, -0.15) is 0 Å². The Kier molecular flexibility index (Phi) is 8.02. The first kappa shape index (κ1) is 22.8. The molecule has 0 radical (unpaired) electrons. The van der Waals surface area contributed by atoms with Crippen LogP contribution in [0.5, 0.6) is 0 Å². The molecule has 2 N–H and O–H groups in total. The SMILES string of the molecule is Cc1nc(Cc2ccc(F)cc2)sc1C(=O)N1CCC(C)(CN)C1.Cl.Cl. The monoisotopic (exact) mass is 419 g/mol. The zero-order chi connectivity index (χ0) is 17.3. The number of carbonyl (C=O) groups excluding carboxylic acids is 1. The third-order valence-corrected chi connectivity index (χ3v) is 5.79. The molecule has 0 spiro atoms. The number of thiazole rings is 1. The van der Waals surface area contributed by atoms with Crippen molar-refractivity contribution in [1.82, 2.24) is 9.88 Å². The number of likely N-dealkylation sites (tertiary alicyclic amines) is 1. The van der Waals surface area contributed by atoms with Gasteiger partial charge in [-0.3, -0.25) is 4.79 Å². The van der Waals surface area contributed by atoms with E-state index in [-0.39, 0.29) is 42.0 Å². The predicted octanol–water partition coefficient (Wildman–Crippen LogP) is 3.84. The Labute approximate surface area is 169 Å². The molecule has 1 saturated heterocycles. The third kappa shape index (κ3) is 4.94. The van der Waals surface area contributed by atoms with Crippen LogP contribution in [0, 0.1) is 18.2 Å². The number of aryl methyl sites for hydroxylation is 1. The first-order chi connectivity index (χ1) is 11.4. The highest BCUT2D eigenvalue weighted by atomic mass is 35.5. The van der Waals surface area contributed by atoms with Crippen LogP contribution in [0.1, 0.15) is 39.3 Å². The molecule has 3 rings (SSSR count). The summed E-state index contributed by atoms with van der Waals surface area (Å²) in [5.74, 6) is -0.200. The zero-order valence-corrected chi connectivity index (χ0v) is 17.3. The number of amides is 1. The second-order valence-corrected chi connectivity index (χ2v) is 7.90. The van der Waals surface area contributed by atoms with Gasteiger partial charge in [-0.1, -0.05) is 19.1 Å². The number of carbonyl (C=O) groups is 1. The van der Waals surface area contributed by atoms with Gasteiger partial charge in [0.2, 0.25) is 0 Å². The van der Waals surface area contributed by atoms with Crippen LogP contribution in [-0.4, -0.2) is 35.4 Å². The van der Waals surface area contributed by atoms with E-state index < -0.39 is 0 Å². The van der Waals surface area contributed by atoms with Gasteiger partial charge in [-0.05, 0) is 43.0 Å². The van der Waals surface area contributed by atoms with Gasteiger partial charge in [-0.15, -0.1) is 36.2 Å². The summed E-state index contributed by atoms with van der Waals surface area (Å²) in [4.78, 5) is 19.9. The zero-order valence-electron chi connectivity index (χ0n) is 14.8. The number of hydrogen-bond acceptors (Lipinski definition) is 4. The molecule has 4 nitrogen and oxygen atoms in total. The topological polar surface area (TPSA) is 59.2 Å². The number of hydrogen-bond donors (Lipinski definition) is 1. The van der Waals surface area contributed by atoms with Gasteiger partial charge in [0.25, 0.3) is 5.91 Å². The standard InChI is InChI=1S/C18H22FN3OS.2ClH/c1-12-16(17(23)22-8-7-18(2,10-20)11-22)24-15(21-12)9-13-3-5-14(19)6-4-13;;/h3-6H,7-11,20H2,1-2H3;2*1H. The minimum absolute atomic E-state index is 0. The summed E-state index contributed by atoms with van der Waals surface area (Å²) in [6.45, 7) is 6.04. The molecule has 144 valence electrons. The maximum Gasteiger partial charge on any atom is 0.265 e. The molecule has 1 aliphatic rings. The Morgan fingerprint density at radius 2 is 2.00 bits per heavy atom. The third-order valence-electron chi connectivity index (χ3n) is 4.64. The van der Waals surface area contributed by atoms with Gasteiger partial charge in [0.1, 0.15) is 10.7 Å². The van der Waals surface area contributed by atoms with Crippen molar-refractivity contribution in [3.8, 4) is 0 Å². The smallest absolute Gasteiger partial charge is 0.265 e. The van der Waals surface area contributed by atoms with Crippen LogP contribution < -0.4 is 5.73 Å². The maximum atomic E-state index is 13.0. The van der Waals surface area contributed by atoms with E-state index in [1.807, 2.05) is 11.8 Å². The fourth-order valence-corrected chi connectivity index (χ4v) is 4.08. The lowest BCUT2D eigenvalue weighted by Gasteiger charge is -2.22. The van der Waals surface area contributed by atoms with E-state index in [2.05, 4.69) is 11.9 Å². The van der Waals surface area contributed by atoms with Gasteiger partial charge in [-0.25, -0.2) is 9.37 Å². The quantitative estimate of drug-likeness (QED) is 0.818. The molecule has 1 aromatic carbocycles. The largest absolute Gasteiger partial charge is 0.337 e. The van der Waals surface area contributed by atoms with Crippen LogP contribution in [0.4, 0.5) is 4.39 Å². The van der Waals surface area contributed by atoms with Crippen LogP contribution >= 0.6 is 36.2 Å². The first-order valence-electron chi connectivity index (χ1n) is 8.10. The van der Waals surface area contributed by atoms with Crippen molar-refractivity contribution in [3.05, 3.63) is 51.2 Å². The molecule has 0 saturated carbocycles. The maximum absolute atomic E-state index is 13.0. The predicted molar refractivity (Wildman–Crippen MR) is 108 cm³/mol. The Morgan fingerprint density at radius 1 is 1.35 bits per heavy atom. The molecule has 0 bridgehead atoms. The van der Waals surface area contributed by atoms with Gasteiger partial charge in [0.15, 0.2) is 0 Å². The van der Waals surface area contributed by atoms with Crippen molar-refractivity contribution >= 4 is 42.1 Å². The van der Waals surface area contributed by atoms with E-state index >= 15 is 0 Å². The molecule has 1 aromatic heterocycles. The summed E-state index contributed by atoms with van der Waals surface area (Å²) in [5, 5.41) is 0.878. The second kappa shape index (κ2) is 9.13. The van der Waals surface area contributed by atoms with E-state index in [4.69, 9.17) is 5.73 Å². The average molecular weight is 420 g/mol. The highest BCUT2D eigenvalue weighted by Gasteiger charge is 2.36. The highest BCUT2D eigenvalue weighted by molar-refractivity contribution is 7.13. The van der Waals surface area contributed by atoms with Gasteiger partial charge < -0.3 is 10.6 Å². The van der Waals surface area contributed by atoms with Crippen LogP contribution in [0.3, 0.4) is 0 Å². The minimum Gasteiger partial charge on any atom is -0.337 e. The van der Waals surface area contributed by atoms with Crippen molar-refractivity contribution in [2.75, 3.05) is 19.6 Å². The summed E-state index contributed by atoms with van der Waals surface area (Å²) in [6, 6.07) is 6.39. The fourth-order valence-electron chi connectivity index (χ4n) is 3.01. The molecule has 0 aliphatic carbocycles. The molecule has 2 heterocycles. The first-order valence-corrected chi connectivity index (χ1v) is 8.92. The second-order valence-electron chi connectivity index (χ2n) is 6.82. The number of rotatable bonds is 4. The number of nitrogens with two attached hydrogens (primary N) is 1. The number of nitrogens with zero attached hydrogens (tertiary/aromatic N) is 2. The summed E-state index contributed by atoms with van der Waals surface area (Å²) in [7, 11) is 0. The molecule has 1 aliphatic heterocycles. The Balaban J connectivity index is 0.00000169. The van der Waals surface area contributed by atoms with Crippen molar-refractivity contribution in [2.45, 2.75) is 26.7 Å². The highest BCUT2D eigenvalue weighted by Crippen LogP contribution is 2.31. The number of benzene rings is 1. The molecule has 1 unspecified atom stereocenters. The van der Waals surface area contributed by atoms with Crippen molar-refractivity contribution in [2.24, 2.45) is 11.1 Å². The average Bonchev–Trinajstić information content (AvgIpc) is 3.13. The molecule has 8 heteroatoms. The molecule has 1 atom stereocenters. The lowest BCUT2D eigenvalue weighted by molar-refractivity contribution is 0.0780. The molecular formula is C18H24Cl2FN3OS. The molecule has 1 fully saturated rings. The van der Waals surface area contributed by atoms with Crippen LogP contribution in [0.25, 0.3) is 0 Å². The van der Waals surface area contributed by atoms with Crippen LogP contribution in [0.15, 0.2) is 24.3 Å². The van der Waals surface area contributed by atoms with Crippen molar-refractivity contribution < 1.29 is 9.18 Å². The van der Waals surface area contributed by atoms with E-state index in [1.165, 1.54) is 23.5 Å². The van der Waals surface area contributed by atoms with Crippen LogP contribution in [0.2, 0.25) is 0 Å². The Bertz CT molecular complexity index is 753. The lowest BCUT2D eigenvalue weighted by Crippen LogP contribution is -2.34. The summed E-state index contributed by atoms with van der Waals surface area (Å²) < 4.78 is 13.0. The number of halogens is 3. The molecule has 26 heavy (non-hydrogen) atoms. The molecule has 1 amide bonds. The van der Waals surface area contributed by atoms with Crippen molar-refractivity contribution in [3.63, 3.8) is 0 Å². The molecular weight excluding hydrogens is 396 g/mol. The van der Waals surface area contributed by atoms with Crippen LogP contribution in [-0.2, 0) is 6.42 Å². The Morgan fingerprint density at radius 3 is 2.58 bits per heavy atom.